The minimum Gasteiger partial charge on any atom is -0.492 e. The number of anilines is 4. The van der Waals surface area contributed by atoms with Crippen molar-refractivity contribution in [1.29, 1.82) is 0 Å². The van der Waals surface area contributed by atoms with E-state index in [1.165, 1.54) is 12.4 Å². The minimum atomic E-state index is -0.641. The van der Waals surface area contributed by atoms with Gasteiger partial charge in [0, 0.05) is 30.7 Å². The predicted molar refractivity (Wildman–Crippen MR) is 107 cm³/mol. The van der Waals surface area contributed by atoms with Gasteiger partial charge in [0.1, 0.15) is 17.4 Å². The smallest absolute Gasteiger partial charge is 0.252 e. The maximum absolute atomic E-state index is 11.8. The Bertz CT molecular complexity index is 1040. The molecule has 0 bridgehead atoms. The Kier molecular flexibility index (Phi) is 5.83. The molecule has 0 fully saturated rings. The molecule has 0 saturated carbocycles. The number of pyridine rings is 3. The molecule has 6 N–H and O–H groups in total. The molecule has 0 aliphatic heterocycles. The molecule has 10 nitrogen and oxygen atoms in total. The quantitative estimate of drug-likeness (QED) is 0.452. The van der Waals surface area contributed by atoms with Crippen LogP contribution in [0.5, 0.6) is 5.75 Å². The van der Waals surface area contributed by atoms with Gasteiger partial charge in [0.05, 0.1) is 35.3 Å². The number of amides is 2. The number of hydrogen-bond acceptors (Lipinski definition) is 8. The number of primary amides is 2. The molecule has 0 spiro atoms. The zero-order chi connectivity index (χ0) is 20.8. The number of hydrogen-bond donors (Lipinski definition) is 4. The van der Waals surface area contributed by atoms with Gasteiger partial charge in [0.15, 0.2) is 0 Å². The lowest BCUT2D eigenvalue weighted by molar-refractivity contribution is 0.0992. The summed E-state index contributed by atoms with van der Waals surface area (Å²) in [5.74, 6) is 0.210. The van der Waals surface area contributed by atoms with Gasteiger partial charge in [-0.25, -0.2) is 9.97 Å². The first-order chi connectivity index (χ1) is 14.0. The fraction of sp³-hybridized carbons (Fsp3) is 0.105. The molecule has 0 radical (unpaired) electrons. The maximum atomic E-state index is 11.8. The highest BCUT2D eigenvalue weighted by Crippen LogP contribution is 2.29. The Morgan fingerprint density at radius 1 is 0.966 bits per heavy atom. The summed E-state index contributed by atoms with van der Waals surface area (Å²) in [5.41, 5.74) is 12.1. The molecule has 29 heavy (non-hydrogen) atoms. The second-order valence-corrected chi connectivity index (χ2v) is 5.83. The van der Waals surface area contributed by atoms with Gasteiger partial charge in [0.25, 0.3) is 5.91 Å². The molecule has 3 aromatic rings. The molecule has 0 aliphatic carbocycles. The fourth-order valence-corrected chi connectivity index (χ4v) is 2.47. The number of carbonyl (C=O) groups is 2. The lowest BCUT2D eigenvalue weighted by Crippen LogP contribution is -2.14. The Labute approximate surface area is 166 Å². The van der Waals surface area contributed by atoms with E-state index in [1.807, 2.05) is 6.92 Å². The van der Waals surface area contributed by atoms with Gasteiger partial charge in [0.2, 0.25) is 5.91 Å². The van der Waals surface area contributed by atoms with Crippen LogP contribution in [-0.4, -0.2) is 33.4 Å². The van der Waals surface area contributed by atoms with Crippen LogP contribution in [0.15, 0.2) is 49.1 Å². The summed E-state index contributed by atoms with van der Waals surface area (Å²) in [6.07, 6.45) is 5.88. The number of nitrogens with two attached hydrogens (primary N) is 2. The van der Waals surface area contributed by atoms with Gasteiger partial charge >= 0.3 is 0 Å². The molecule has 0 saturated heterocycles. The normalized spacial score (nSPS) is 10.2. The molecule has 3 rings (SSSR count). The molecule has 10 heteroatoms. The zero-order valence-electron chi connectivity index (χ0n) is 15.5. The van der Waals surface area contributed by atoms with E-state index in [-0.39, 0.29) is 11.1 Å². The van der Waals surface area contributed by atoms with Gasteiger partial charge in [-0.15, -0.1) is 0 Å². The number of aromatic nitrogens is 3. The fourth-order valence-electron chi connectivity index (χ4n) is 2.47. The van der Waals surface area contributed by atoms with E-state index in [0.717, 1.165) is 0 Å². The second-order valence-electron chi connectivity index (χ2n) is 5.83. The topological polar surface area (TPSA) is 158 Å². The second kappa shape index (κ2) is 8.65. The molecule has 0 atom stereocenters. The molecule has 0 aliphatic rings. The van der Waals surface area contributed by atoms with Gasteiger partial charge in [-0.1, -0.05) is 0 Å². The summed E-state index contributed by atoms with van der Waals surface area (Å²) in [6, 6.07) is 6.44. The van der Waals surface area contributed by atoms with Crippen LogP contribution >= 0.6 is 0 Å². The van der Waals surface area contributed by atoms with Crippen LogP contribution in [0.3, 0.4) is 0 Å². The average molecular weight is 393 g/mol. The summed E-state index contributed by atoms with van der Waals surface area (Å²) in [5, 5.41) is 6.10. The van der Waals surface area contributed by atoms with Crippen molar-refractivity contribution in [3.63, 3.8) is 0 Å². The first kappa shape index (κ1) is 19.5. The highest BCUT2D eigenvalue weighted by molar-refractivity contribution is 5.99. The zero-order valence-corrected chi connectivity index (χ0v) is 15.5. The van der Waals surface area contributed by atoms with Crippen molar-refractivity contribution in [2.45, 2.75) is 6.92 Å². The van der Waals surface area contributed by atoms with E-state index >= 15 is 0 Å². The molecule has 3 aromatic heterocycles. The summed E-state index contributed by atoms with van der Waals surface area (Å²) in [7, 11) is 0. The third-order valence-corrected chi connectivity index (χ3v) is 3.82. The van der Waals surface area contributed by atoms with Crippen molar-refractivity contribution in [2.75, 3.05) is 17.2 Å². The van der Waals surface area contributed by atoms with Crippen LogP contribution in [0, 0.1) is 0 Å². The summed E-state index contributed by atoms with van der Waals surface area (Å²) < 4.78 is 5.57. The summed E-state index contributed by atoms with van der Waals surface area (Å²) in [6.45, 7) is 2.33. The molecular weight excluding hydrogens is 374 g/mol. The van der Waals surface area contributed by atoms with Crippen molar-refractivity contribution < 1.29 is 14.3 Å². The van der Waals surface area contributed by atoms with Crippen molar-refractivity contribution in [2.24, 2.45) is 11.5 Å². The van der Waals surface area contributed by atoms with Crippen molar-refractivity contribution in [1.82, 2.24) is 15.0 Å². The predicted octanol–water partition coefficient (Wildman–Crippen LogP) is 1.96. The number of nitrogens with zero attached hydrogens (tertiary/aromatic N) is 3. The van der Waals surface area contributed by atoms with Crippen LogP contribution in [0.2, 0.25) is 0 Å². The number of nitrogens with one attached hydrogen (secondary N) is 2. The minimum absolute atomic E-state index is 0.193. The standard InChI is InChI=1S/C19H19N7O3/c1-2-29-15-5-6-22-10-14(15)25-13-7-17(24-9-12(13)19(21)28)26-16-4-3-11(8-23-16)18(20)27/h3-10H,2H2,1H3,(H2,20,27)(H2,21,28)(H2,23,24,25,26). The molecule has 0 aromatic carbocycles. The van der Waals surface area contributed by atoms with Crippen molar-refractivity contribution in [3.05, 3.63) is 60.2 Å². The lowest BCUT2D eigenvalue weighted by Gasteiger charge is -2.15. The summed E-state index contributed by atoms with van der Waals surface area (Å²) in [4.78, 5) is 35.3. The largest absolute Gasteiger partial charge is 0.492 e. The SMILES string of the molecule is CCOc1ccncc1Nc1cc(Nc2ccc(C(N)=O)cn2)ncc1C(N)=O. The highest BCUT2D eigenvalue weighted by atomic mass is 16.5. The Balaban J connectivity index is 1.90. The molecule has 3 heterocycles. The number of rotatable bonds is 8. The van der Waals surface area contributed by atoms with Crippen LogP contribution in [0.25, 0.3) is 0 Å². The highest BCUT2D eigenvalue weighted by Gasteiger charge is 2.13. The van der Waals surface area contributed by atoms with E-state index in [2.05, 4.69) is 25.6 Å². The number of ether oxygens (including phenoxy) is 1. The van der Waals surface area contributed by atoms with Crippen LogP contribution in [-0.2, 0) is 0 Å². The summed E-state index contributed by atoms with van der Waals surface area (Å²) >= 11 is 0. The Hall–Kier alpha value is -4.21. The number of carbonyl (C=O) groups excluding carboxylic acids is 2. The Morgan fingerprint density at radius 2 is 1.76 bits per heavy atom. The molecule has 2 amide bonds. The lowest BCUT2D eigenvalue weighted by atomic mass is 10.2. The first-order valence-corrected chi connectivity index (χ1v) is 8.64. The third kappa shape index (κ3) is 4.75. The van der Waals surface area contributed by atoms with E-state index < -0.39 is 11.8 Å². The Morgan fingerprint density at radius 3 is 2.41 bits per heavy atom. The van der Waals surface area contributed by atoms with Crippen molar-refractivity contribution in [3.8, 4) is 5.75 Å². The monoisotopic (exact) mass is 393 g/mol. The van der Waals surface area contributed by atoms with E-state index in [4.69, 9.17) is 16.2 Å². The van der Waals surface area contributed by atoms with Gasteiger partial charge < -0.3 is 26.8 Å². The molecule has 0 unspecified atom stereocenters. The van der Waals surface area contributed by atoms with Crippen LogP contribution in [0.1, 0.15) is 27.6 Å². The molecule has 148 valence electrons. The average Bonchev–Trinajstić information content (AvgIpc) is 2.70. The van der Waals surface area contributed by atoms with E-state index in [9.17, 15) is 9.59 Å². The molecular formula is C19H19N7O3. The van der Waals surface area contributed by atoms with E-state index in [0.29, 0.717) is 35.4 Å². The van der Waals surface area contributed by atoms with Gasteiger partial charge in [-0.2, -0.15) is 0 Å². The van der Waals surface area contributed by atoms with E-state index in [1.54, 1.807) is 36.7 Å². The third-order valence-electron chi connectivity index (χ3n) is 3.82. The van der Waals surface area contributed by atoms with Crippen molar-refractivity contribution >= 4 is 34.8 Å². The van der Waals surface area contributed by atoms with Crippen LogP contribution in [0.4, 0.5) is 23.0 Å². The van der Waals surface area contributed by atoms with Gasteiger partial charge in [-0.3, -0.25) is 14.6 Å². The first-order valence-electron chi connectivity index (χ1n) is 8.64. The van der Waals surface area contributed by atoms with Gasteiger partial charge in [-0.05, 0) is 19.1 Å². The van der Waals surface area contributed by atoms with Crippen LogP contribution < -0.4 is 26.8 Å². The maximum Gasteiger partial charge on any atom is 0.252 e.